The molecule has 334 valence electrons. The zero-order valence-corrected chi connectivity index (χ0v) is 39.6. The smallest absolute Gasteiger partial charge is 0.309 e. The van der Waals surface area contributed by atoms with Gasteiger partial charge in [-0.25, -0.2) is 0 Å². The van der Waals surface area contributed by atoms with Crippen molar-refractivity contribution in [1.82, 2.24) is 9.80 Å². The number of likely N-dealkylation sites (N-methyl/N-ethyl adjacent to an activating group) is 1. The number of hydrogen-bond acceptors (Lipinski definition) is 8. The van der Waals surface area contributed by atoms with Crippen molar-refractivity contribution >= 4 is 35.3 Å². The van der Waals surface area contributed by atoms with Crippen molar-refractivity contribution in [3.05, 3.63) is 46.0 Å². The summed E-state index contributed by atoms with van der Waals surface area (Å²) in [7, 11) is 4.15. The van der Waals surface area contributed by atoms with Gasteiger partial charge in [0.15, 0.2) is 5.78 Å². The quantitative estimate of drug-likeness (QED) is 0.183. The average molecular weight is 852 g/mol. The number of fused-ring (bicyclic) bond motifs is 7. The van der Waals surface area contributed by atoms with Gasteiger partial charge in [0.05, 0.1) is 11.8 Å². The number of halogens is 1. The lowest BCUT2D eigenvalue weighted by atomic mass is 9.33. The van der Waals surface area contributed by atoms with Crippen molar-refractivity contribution in [3.8, 4) is 0 Å². The Morgan fingerprint density at radius 2 is 1.57 bits per heavy atom. The number of ketones is 1. The van der Waals surface area contributed by atoms with Gasteiger partial charge >= 0.3 is 17.9 Å². The number of aliphatic carboxylic acids is 1. The Morgan fingerprint density at radius 1 is 0.900 bits per heavy atom. The highest BCUT2D eigenvalue weighted by atomic mass is 35.5. The van der Waals surface area contributed by atoms with E-state index in [9.17, 15) is 24.3 Å². The minimum Gasteiger partial charge on any atom is -0.481 e. The second-order valence-electron chi connectivity index (χ2n) is 22.3. The standard InChI is InChI=1S/C50H75ClN2O7/c1-31(2)42-36(55)27-50(40(59-32(3)54)30-53(26-25-52(11)12)29-33-13-15-34(51)16-14-33)24-23-48(9)35(43(42)50)17-18-38-47(8)21-20-39(60-41(56)28-45(4,5)44(57)58)46(6,7)37(47)19-22-49(38,48)10/h13-16,31,35,37-40H,17-30H2,1-12H3,(H,57,58)/t35-,37+,38-,39+,40?,47+,48-,49-,50+/m1/s1. The second kappa shape index (κ2) is 16.7. The van der Waals surface area contributed by atoms with Crippen LogP contribution in [0.1, 0.15) is 139 Å². The third-order valence-corrected chi connectivity index (χ3v) is 17.6. The maximum absolute atomic E-state index is 14.6. The number of nitrogens with zero attached hydrogens (tertiary/aromatic N) is 2. The van der Waals surface area contributed by atoms with Crippen LogP contribution in [-0.4, -0.2) is 84.5 Å². The molecule has 0 bridgehead atoms. The van der Waals surface area contributed by atoms with Crippen molar-refractivity contribution in [1.29, 1.82) is 0 Å². The number of benzene rings is 1. The number of Topliss-reactive ketones (excluding diaryl/α,β-unsaturated/α-hetero) is 1. The minimum atomic E-state index is -1.18. The van der Waals surface area contributed by atoms with E-state index in [0.29, 0.717) is 36.4 Å². The molecule has 4 fully saturated rings. The maximum atomic E-state index is 14.6. The van der Waals surface area contributed by atoms with Gasteiger partial charge in [-0.2, -0.15) is 0 Å². The first-order valence-corrected chi connectivity index (χ1v) is 23.2. The first-order chi connectivity index (χ1) is 27.8. The van der Waals surface area contributed by atoms with Gasteiger partial charge in [0.1, 0.15) is 12.2 Å². The molecule has 1 aromatic rings. The number of allylic oxidation sites excluding steroid dienone is 1. The predicted octanol–water partition coefficient (Wildman–Crippen LogP) is 10.0. The monoisotopic (exact) mass is 851 g/mol. The van der Waals surface area contributed by atoms with Crippen molar-refractivity contribution in [2.75, 3.05) is 33.7 Å². The lowest BCUT2D eigenvalue weighted by Gasteiger charge is -2.72. The molecular weight excluding hydrogens is 776 g/mol. The normalized spacial score (nSPS) is 34.2. The Labute approximate surface area is 365 Å². The molecule has 4 saturated carbocycles. The lowest BCUT2D eigenvalue weighted by Crippen LogP contribution is -2.66. The first kappa shape index (κ1) is 46.7. The van der Waals surface area contributed by atoms with Crippen LogP contribution in [0.4, 0.5) is 0 Å². The van der Waals surface area contributed by atoms with Crippen LogP contribution in [-0.2, 0) is 35.2 Å². The molecule has 5 aliphatic carbocycles. The molecule has 9 atom stereocenters. The van der Waals surface area contributed by atoms with Gasteiger partial charge in [0.25, 0.3) is 0 Å². The molecular formula is C50H75ClN2O7. The zero-order valence-electron chi connectivity index (χ0n) is 38.8. The maximum Gasteiger partial charge on any atom is 0.309 e. The molecule has 1 aromatic carbocycles. The number of carboxylic acid groups (broad SMARTS) is 1. The molecule has 1 N–H and O–H groups in total. The Hall–Kier alpha value is -2.75. The SMILES string of the molecule is CC(=O)OC(CN(CCN(C)C)Cc1ccc(Cl)cc1)[C@@]12CC[C@]3(C)[C@H](CC[C@@H]4[C@@]5(C)CC[C@H](OC(=O)CC(C)(C)C(=O)O)C(C)(C)[C@@H]5CC[C@]43C)C1=C(C(C)C)C(=O)C2. The highest BCUT2D eigenvalue weighted by molar-refractivity contribution is 6.30. The van der Waals surface area contributed by atoms with Gasteiger partial charge in [0, 0.05) is 55.4 Å². The highest BCUT2D eigenvalue weighted by Gasteiger charge is 2.71. The summed E-state index contributed by atoms with van der Waals surface area (Å²) in [6, 6.07) is 7.98. The van der Waals surface area contributed by atoms with Gasteiger partial charge in [0.2, 0.25) is 0 Å². The van der Waals surface area contributed by atoms with E-state index in [1.807, 2.05) is 12.1 Å². The van der Waals surface area contributed by atoms with Crippen LogP contribution in [0.2, 0.25) is 5.02 Å². The fourth-order valence-corrected chi connectivity index (χ4v) is 14.2. The summed E-state index contributed by atoms with van der Waals surface area (Å²) >= 11 is 6.28. The van der Waals surface area contributed by atoms with Gasteiger partial charge in [-0.15, -0.1) is 0 Å². The molecule has 10 heteroatoms. The van der Waals surface area contributed by atoms with E-state index in [-0.39, 0.29) is 57.8 Å². The van der Waals surface area contributed by atoms with Crippen LogP contribution in [0.25, 0.3) is 0 Å². The molecule has 0 saturated heterocycles. The topological polar surface area (TPSA) is 113 Å². The van der Waals surface area contributed by atoms with Crippen LogP contribution in [0.3, 0.4) is 0 Å². The Balaban J connectivity index is 1.33. The number of carbonyl (C=O) groups is 4. The molecule has 0 radical (unpaired) electrons. The third kappa shape index (κ3) is 8.15. The Bertz CT molecular complexity index is 1850. The molecule has 0 amide bonds. The summed E-state index contributed by atoms with van der Waals surface area (Å²) in [4.78, 5) is 57.4. The lowest BCUT2D eigenvalue weighted by molar-refractivity contribution is -0.235. The molecule has 0 aliphatic heterocycles. The summed E-state index contributed by atoms with van der Waals surface area (Å²) in [6.45, 7) is 24.0. The predicted molar refractivity (Wildman–Crippen MR) is 236 cm³/mol. The summed E-state index contributed by atoms with van der Waals surface area (Å²) < 4.78 is 12.7. The molecule has 0 spiro atoms. The average Bonchev–Trinajstić information content (AvgIpc) is 3.45. The number of carboxylic acids is 1. The van der Waals surface area contributed by atoms with E-state index < -0.39 is 28.9 Å². The van der Waals surface area contributed by atoms with Crippen molar-refractivity contribution in [2.24, 2.45) is 56.2 Å². The summed E-state index contributed by atoms with van der Waals surface area (Å²) in [6.07, 6.45) is 7.11. The number of hydrogen-bond donors (Lipinski definition) is 1. The number of ether oxygens (including phenoxy) is 2. The van der Waals surface area contributed by atoms with Gasteiger partial charge in [-0.3, -0.25) is 24.1 Å². The number of carbonyl (C=O) groups excluding carboxylic acids is 3. The molecule has 9 nitrogen and oxygen atoms in total. The fraction of sp³-hybridized carbons (Fsp3) is 0.760. The fourth-order valence-electron chi connectivity index (χ4n) is 14.1. The second-order valence-corrected chi connectivity index (χ2v) is 22.8. The molecule has 6 rings (SSSR count). The summed E-state index contributed by atoms with van der Waals surface area (Å²) in [5, 5.41) is 10.4. The van der Waals surface area contributed by atoms with Crippen LogP contribution in [0.5, 0.6) is 0 Å². The summed E-state index contributed by atoms with van der Waals surface area (Å²) in [5.41, 5.74) is 1.36. The molecule has 0 heterocycles. The van der Waals surface area contributed by atoms with Crippen LogP contribution in [0, 0.1) is 56.2 Å². The van der Waals surface area contributed by atoms with E-state index in [0.717, 1.165) is 75.6 Å². The largest absolute Gasteiger partial charge is 0.481 e. The molecule has 0 aromatic heterocycles. The number of rotatable bonds is 14. The van der Waals surface area contributed by atoms with Crippen molar-refractivity contribution < 1.29 is 33.8 Å². The van der Waals surface area contributed by atoms with Gasteiger partial charge < -0.3 is 19.5 Å². The van der Waals surface area contributed by atoms with Gasteiger partial charge in [-0.05, 0) is 148 Å². The van der Waals surface area contributed by atoms with Crippen molar-refractivity contribution in [2.45, 2.75) is 152 Å². The van der Waals surface area contributed by atoms with E-state index in [1.165, 1.54) is 12.5 Å². The van der Waals surface area contributed by atoms with Crippen LogP contribution >= 0.6 is 11.6 Å². The Morgan fingerprint density at radius 3 is 2.17 bits per heavy atom. The van der Waals surface area contributed by atoms with E-state index in [4.69, 9.17) is 21.1 Å². The van der Waals surface area contributed by atoms with Crippen LogP contribution < -0.4 is 0 Å². The van der Waals surface area contributed by atoms with E-state index >= 15 is 0 Å². The van der Waals surface area contributed by atoms with Crippen molar-refractivity contribution in [3.63, 3.8) is 0 Å². The molecule has 1 unspecified atom stereocenters. The summed E-state index contributed by atoms with van der Waals surface area (Å²) in [5.74, 6) is -0.457. The number of esters is 2. The van der Waals surface area contributed by atoms with Crippen LogP contribution in [0.15, 0.2) is 35.4 Å². The molecule has 5 aliphatic rings. The zero-order chi connectivity index (χ0) is 44.4. The first-order valence-electron chi connectivity index (χ1n) is 22.8. The Kier molecular flexibility index (Phi) is 13.0. The van der Waals surface area contributed by atoms with E-state index in [1.54, 1.807) is 13.8 Å². The third-order valence-electron chi connectivity index (χ3n) is 17.4. The minimum absolute atomic E-state index is 0.00240. The van der Waals surface area contributed by atoms with E-state index in [2.05, 4.69) is 84.5 Å². The molecule has 60 heavy (non-hydrogen) atoms. The highest BCUT2D eigenvalue weighted by Crippen LogP contribution is 2.77. The van der Waals surface area contributed by atoms with Gasteiger partial charge in [-0.1, -0.05) is 72.2 Å².